The zero-order valence-corrected chi connectivity index (χ0v) is 14.6. The summed E-state index contributed by atoms with van der Waals surface area (Å²) in [6.07, 6.45) is 2.42. The lowest BCUT2D eigenvalue weighted by atomic mass is 9.81. The van der Waals surface area contributed by atoms with E-state index >= 15 is 0 Å². The van der Waals surface area contributed by atoms with Crippen LogP contribution < -0.4 is 5.73 Å². The molecule has 1 unspecified atom stereocenters. The molecule has 0 radical (unpaired) electrons. The van der Waals surface area contributed by atoms with Crippen LogP contribution in [0.4, 0.5) is 0 Å². The van der Waals surface area contributed by atoms with Gasteiger partial charge in [0.25, 0.3) is 0 Å². The Bertz CT molecular complexity index is 552. The van der Waals surface area contributed by atoms with Crippen molar-refractivity contribution in [2.45, 2.75) is 53.0 Å². The first kappa shape index (κ1) is 17.7. The molecular formula is C17H28N4O2. The second kappa shape index (κ2) is 7.25. The lowest BCUT2D eigenvalue weighted by molar-refractivity contribution is -0.133. The Morgan fingerprint density at radius 2 is 1.91 bits per heavy atom. The highest BCUT2D eigenvalue weighted by molar-refractivity contribution is 5.98. The number of aromatic amines is 1. The molecule has 0 aromatic carbocycles. The minimum absolute atomic E-state index is 0.0248. The molecule has 128 valence electrons. The molecule has 2 heterocycles. The minimum atomic E-state index is -0.433. The number of nitrogens with two attached hydrogens (primary N) is 1. The van der Waals surface area contributed by atoms with Crippen LogP contribution in [0.15, 0.2) is 0 Å². The third-order valence-corrected chi connectivity index (χ3v) is 4.96. The van der Waals surface area contributed by atoms with Gasteiger partial charge in [0.15, 0.2) is 5.78 Å². The van der Waals surface area contributed by atoms with Crippen LogP contribution in [0.5, 0.6) is 0 Å². The zero-order valence-electron chi connectivity index (χ0n) is 14.6. The molecule has 0 bridgehead atoms. The van der Waals surface area contributed by atoms with Crippen LogP contribution in [-0.4, -0.2) is 45.9 Å². The van der Waals surface area contributed by atoms with Crippen molar-refractivity contribution >= 4 is 11.7 Å². The Morgan fingerprint density at radius 1 is 1.30 bits per heavy atom. The van der Waals surface area contributed by atoms with Crippen LogP contribution in [0.1, 0.15) is 54.9 Å². The maximum absolute atomic E-state index is 12.5. The zero-order chi connectivity index (χ0) is 17.1. The Morgan fingerprint density at radius 3 is 2.39 bits per heavy atom. The van der Waals surface area contributed by atoms with E-state index in [4.69, 9.17) is 5.73 Å². The van der Waals surface area contributed by atoms with E-state index in [0.29, 0.717) is 18.3 Å². The van der Waals surface area contributed by atoms with Gasteiger partial charge < -0.3 is 10.6 Å². The van der Waals surface area contributed by atoms with Gasteiger partial charge in [-0.25, -0.2) is 0 Å². The SMILES string of the molecule is Cc1n[nH]c(C)c1C(=O)CC(C)C1CCN(C(=O)[C@H](C)N)CC1. The molecule has 6 heteroatoms. The number of likely N-dealkylation sites (tertiary alicyclic amines) is 1. The number of aromatic nitrogens is 2. The first-order valence-corrected chi connectivity index (χ1v) is 8.40. The number of rotatable bonds is 5. The topological polar surface area (TPSA) is 92.1 Å². The summed E-state index contributed by atoms with van der Waals surface area (Å²) in [5.41, 5.74) is 8.02. The summed E-state index contributed by atoms with van der Waals surface area (Å²) >= 11 is 0. The highest BCUT2D eigenvalue weighted by Gasteiger charge is 2.29. The number of Topliss-reactive ketones (excluding diaryl/α,β-unsaturated/α-hetero) is 1. The number of amides is 1. The second-order valence-electron chi connectivity index (χ2n) is 6.86. The average molecular weight is 320 g/mol. The predicted molar refractivity (Wildman–Crippen MR) is 89.1 cm³/mol. The van der Waals surface area contributed by atoms with Crippen LogP contribution in [0.3, 0.4) is 0 Å². The molecule has 1 aliphatic rings. The summed E-state index contributed by atoms with van der Waals surface area (Å²) in [5.74, 6) is 0.972. The molecule has 1 aliphatic heterocycles. The summed E-state index contributed by atoms with van der Waals surface area (Å²) in [6.45, 7) is 9.10. The normalized spacial score (nSPS) is 18.7. The summed E-state index contributed by atoms with van der Waals surface area (Å²) in [4.78, 5) is 26.3. The number of hydrogen-bond acceptors (Lipinski definition) is 4. The molecular weight excluding hydrogens is 292 g/mol. The molecule has 23 heavy (non-hydrogen) atoms. The van der Waals surface area contributed by atoms with Crippen LogP contribution in [0.2, 0.25) is 0 Å². The predicted octanol–water partition coefficient (Wildman–Crippen LogP) is 1.82. The molecule has 0 aliphatic carbocycles. The monoisotopic (exact) mass is 320 g/mol. The Balaban J connectivity index is 1.89. The van der Waals surface area contributed by atoms with Crippen molar-refractivity contribution in [2.24, 2.45) is 17.6 Å². The van der Waals surface area contributed by atoms with Crippen molar-refractivity contribution in [3.05, 3.63) is 17.0 Å². The minimum Gasteiger partial charge on any atom is -0.341 e. The van der Waals surface area contributed by atoms with Crippen molar-refractivity contribution in [3.63, 3.8) is 0 Å². The standard InChI is InChI=1S/C17H28N4O2/c1-10(9-15(22)16-12(3)19-20-13(16)4)14-5-7-21(8-6-14)17(23)11(2)18/h10-11,14H,5-9,18H2,1-4H3,(H,19,20)/t10?,11-/m0/s1. The average Bonchev–Trinajstić information content (AvgIpc) is 2.85. The van der Waals surface area contributed by atoms with Crippen molar-refractivity contribution in [1.82, 2.24) is 15.1 Å². The van der Waals surface area contributed by atoms with Gasteiger partial charge in [-0.15, -0.1) is 0 Å². The van der Waals surface area contributed by atoms with E-state index in [1.165, 1.54) is 0 Å². The van der Waals surface area contributed by atoms with Crippen LogP contribution >= 0.6 is 0 Å². The molecule has 0 saturated carbocycles. The third-order valence-electron chi connectivity index (χ3n) is 4.96. The molecule has 1 saturated heterocycles. The Labute approximate surface area is 137 Å². The van der Waals surface area contributed by atoms with Gasteiger partial charge in [0.1, 0.15) is 0 Å². The van der Waals surface area contributed by atoms with Crippen molar-refractivity contribution in [2.75, 3.05) is 13.1 Å². The molecule has 2 atom stereocenters. The summed E-state index contributed by atoms with van der Waals surface area (Å²) in [7, 11) is 0. The molecule has 6 nitrogen and oxygen atoms in total. The maximum Gasteiger partial charge on any atom is 0.239 e. The first-order chi connectivity index (χ1) is 10.8. The van der Waals surface area contributed by atoms with Gasteiger partial charge in [0.05, 0.1) is 17.3 Å². The molecule has 1 aromatic heterocycles. The smallest absolute Gasteiger partial charge is 0.239 e. The van der Waals surface area contributed by atoms with E-state index in [1.807, 2.05) is 18.7 Å². The van der Waals surface area contributed by atoms with Crippen LogP contribution in [0, 0.1) is 25.7 Å². The van der Waals surface area contributed by atoms with Gasteiger partial charge in [0.2, 0.25) is 5.91 Å². The van der Waals surface area contributed by atoms with E-state index in [9.17, 15) is 9.59 Å². The summed E-state index contributed by atoms with van der Waals surface area (Å²) in [5, 5.41) is 6.97. The number of aryl methyl sites for hydroxylation is 2. The molecule has 1 fully saturated rings. The van der Waals surface area contributed by atoms with Gasteiger partial charge in [-0.3, -0.25) is 14.7 Å². The van der Waals surface area contributed by atoms with E-state index < -0.39 is 6.04 Å². The first-order valence-electron chi connectivity index (χ1n) is 8.40. The number of piperidine rings is 1. The van der Waals surface area contributed by atoms with E-state index in [1.54, 1.807) is 6.92 Å². The highest BCUT2D eigenvalue weighted by atomic mass is 16.2. The van der Waals surface area contributed by atoms with Gasteiger partial charge in [-0.05, 0) is 45.4 Å². The third kappa shape index (κ3) is 3.99. The maximum atomic E-state index is 12.5. The number of hydrogen-bond donors (Lipinski definition) is 2. The second-order valence-corrected chi connectivity index (χ2v) is 6.86. The number of ketones is 1. The molecule has 3 N–H and O–H groups in total. The van der Waals surface area contributed by atoms with E-state index in [-0.39, 0.29) is 11.7 Å². The van der Waals surface area contributed by atoms with E-state index in [0.717, 1.165) is 42.9 Å². The number of carbonyl (C=O) groups excluding carboxylic acids is 2. The Kier molecular flexibility index (Phi) is 5.57. The number of nitrogens with one attached hydrogen (secondary N) is 1. The van der Waals surface area contributed by atoms with Gasteiger partial charge >= 0.3 is 0 Å². The fourth-order valence-electron chi connectivity index (χ4n) is 3.50. The van der Waals surface area contributed by atoms with E-state index in [2.05, 4.69) is 17.1 Å². The van der Waals surface area contributed by atoms with Gasteiger partial charge in [0, 0.05) is 25.2 Å². The van der Waals surface area contributed by atoms with Crippen molar-refractivity contribution in [3.8, 4) is 0 Å². The van der Waals surface area contributed by atoms with Crippen molar-refractivity contribution in [1.29, 1.82) is 0 Å². The fraction of sp³-hybridized carbons (Fsp3) is 0.706. The van der Waals surface area contributed by atoms with Crippen LogP contribution in [-0.2, 0) is 4.79 Å². The van der Waals surface area contributed by atoms with Gasteiger partial charge in [-0.2, -0.15) is 5.10 Å². The highest BCUT2D eigenvalue weighted by Crippen LogP contribution is 2.29. The fourth-order valence-corrected chi connectivity index (χ4v) is 3.50. The largest absolute Gasteiger partial charge is 0.341 e. The summed E-state index contributed by atoms with van der Waals surface area (Å²) < 4.78 is 0. The number of carbonyl (C=O) groups is 2. The molecule has 0 spiro atoms. The van der Waals surface area contributed by atoms with Crippen molar-refractivity contribution < 1.29 is 9.59 Å². The van der Waals surface area contributed by atoms with Gasteiger partial charge in [-0.1, -0.05) is 6.92 Å². The lowest BCUT2D eigenvalue weighted by Crippen LogP contribution is -2.46. The van der Waals surface area contributed by atoms with Crippen LogP contribution in [0.25, 0.3) is 0 Å². The molecule has 2 rings (SSSR count). The molecule has 1 aromatic rings. The lowest BCUT2D eigenvalue weighted by Gasteiger charge is -2.35. The quantitative estimate of drug-likeness (QED) is 0.809. The number of H-pyrrole nitrogens is 1. The number of nitrogens with zero attached hydrogens (tertiary/aromatic N) is 2. The summed E-state index contributed by atoms with van der Waals surface area (Å²) in [6, 6.07) is -0.433. The molecule has 1 amide bonds. The Hall–Kier alpha value is -1.69.